The Hall–Kier alpha value is -1.06. The van der Waals surface area contributed by atoms with Gasteiger partial charge < -0.3 is 10.1 Å². The Labute approximate surface area is 125 Å². The summed E-state index contributed by atoms with van der Waals surface area (Å²) in [7, 11) is 0. The molecule has 1 N–H and O–H groups in total. The van der Waals surface area contributed by atoms with E-state index in [0.29, 0.717) is 30.9 Å². The third kappa shape index (κ3) is 4.50. The van der Waals surface area contributed by atoms with Gasteiger partial charge in [0.2, 0.25) is 5.91 Å². The molecule has 0 atom stereocenters. The minimum absolute atomic E-state index is 0.126. The number of carbonyl (C=O) groups is 1. The molecule has 4 heteroatoms. The Morgan fingerprint density at radius 1 is 1.40 bits per heavy atom. The second-order valence-corrected chi connectivity index (χ2v) is 5.62. The Kier molecular flexibility index (Phi) is 5.86. The van der Waals surface area contributed by atoms with Gasteiger partial charge in [-0.1, -0.05) is 24.3 Å². The molecule has 20 heavy (non-hydrogen) atoms. The number of nitrogens with one attached hydrogen (secondary N) is 1. The number of benzene rings is 1. The van der Waals surface area contributed by atoms with Gasteiger partial charge in [0.25, 0.3) is 0 Å². The summed E-state index contributed by atoms with van der Waals surface area (Å²) in [6.45, 7) is 3.35. The van der Waals surface area contributed by atoms with Crippen molar-refractivity contribution < 1.29 is 9.53 Å². The predicted octanol–water partition coefficient (Wildman–Crippen LogP) is 3.25. The second kappa shape index (κ2) is 7.65. The molecule has 1 fully saturated rings. The number of hydrogen-bond acceptors (Lipinski definition) is 2. The zero-order chi connectivity index (χ0) is 14.4. The molecule has 0 aromatic heterocycles. The van der Waals surface area contributed by atoms with Crippen LogP contribution in [0.1, 0.15) is 37.3 Å². The van der Waals surface area contributed by atoms with Gasteiger partial charge >= 0.3 is 0 Å². The molecule has 0 saturated heterocycles. The molecule has 0 unspecified atom stereocenters. The SMILES string of the molecule is CCOC1CC(CC(=O)NCc2cccc(CCl)c2)C1. The van der Waals surface area contributed by atoms with Gasteiger partial charge in [-0.05, 0) is 36.8 Å². The molecule has 1 aromatic carbocycles. The maximum absolute atomic E-state index is 11.9. The van der Waals surface area contributed by atoms with Crippen molar-refractivity contribution in [1.29, 1.82) is 0 Å². The molecule has 0 bridgehead atoms. The van der Waals surface area contributed by atoms with Crippen molar-refractivity contribution in [3.8, 4) is 0 Å². The smallest absolute Gasteiger partial charge is 0.220 e. The standard InChI is InChI=1S/C16H22ClNO2/c1-2-20-15-7-14(8-15)9-16(19)18-11-13-5-3-4-12(6-13)10-17/h3-6,14-15H,2,7-11H2,1H3,(H,18,19). The summed E-state index contributed by atoms with van der Waals surface area (Å²) < 4.78 is 5.50. The van der Waals surface area contributed by atoms with Crippen molar-refractivity contribution in [2.24, 2.45) is 5.92 Å². The van der Waals surface area contributed by atoms with Crippen LogP contribution in [0, 0.1) is 5.92 Å². The number of carbonyl (C=O) groups excluding carboxylic acids is 1. The van der Waals surface area contributed by atoms with E-state index < -0.39 is 0 Å². The molecule has 110 valence electrons. The molecule has 1 amide bonds. The fourth-order valence-corrected chi connectivity index (χ4v) is 2.74. The molecule has 0 radical (unpaired) electrons. The Morgan fingerprint density at radius 3 is 2.85 bits per heavy atom. The van der Waals surface area contributed by atoms with E-state index in [9.17, 15) is 4.79 Å². The average molecular weight is 296 g/mol. The lowest BCUT2D eigenvalue weighted by atomic mass is 9.80. The monoisotopic (exact) mass is 295 g/mol. The van der Waals surface area contributed by atoms with Gasteiger partial charge in [-0.25, -0.2) is 0 Å². The van der Waals surface area contributed by atoms with Crippen LogP contribution in [0.25, 0.3) is 0 Å². The van der Waals surface area contributed by atoms with Gasteiger partial charge in [0.1, 0.15) is 0 Å². The van der Waals surface area contributed by atoms with Gasteiger partial charge in [-0.15, -0.1) is 11.6 Å². The molecule has 0 spiro atoms. The zero-order valence-electron chi connectivity index (χ0n) is 11.9. The number of rotatable bonds is 7. The first kappa shape index (κ1) is 15.3. The number of halogens is 1. The summed E-state index contributed by atoms with van der Waals surface area (Å²) >= 11 is 5.80. The summed E-state index contributed by atoms with van der Waals surface area (Å²) in [4.78, 5) is 11.9. The van der Waals surface area contributed by atoms with Gasteiger partial charge in [0.05, 0.1) is 6.10 Å². The highest BCUT2D eigenvalue weighted by Gasteiger charge is 2.30. The van der Waals surface area contributed by atoms with Gasteiger partial charge in [0, 0.05) is 25.5 Å². The highest BCUT2D eigenvalue weighted by Crippen LogP contribution is 2.32. The van der Waals surface area contributed by atoms with Crippen LogP contribution in [0.2, 0.25) is 0 Å². The summed E-state index contributed by atoms with van der Waals surface area (Å²) in [6, 6.07) is 7.99. The molecule has 1 aromatic rings. The number of alkyl halides is 1. The van der Waals surface area contributed by atoms with Gasteiger partial charge in [0.15, 0.2) is 0 Å². The third-order valence-corrected chi connectivity index (χ3v) is 4.01. The fraction of sp³-hybridized carbons (Fsp3) is 0.562. The van der Waals surface area contributed by atoms with Crippen LogP contribution in [-0.2, 0) is 22.0 Å². The van der Waals surface area contributed by atoms with Crippen molar-refractivity contribution in [2.45, 2.75) is 44.7 Å². The maximum Gasteiger partial charge on any atom is 0.220 e. The van der Waals surface area contributed by atoms with Crippen molar-refractivity contribution in [2.75, 3.05) is 6.61 Å². The van der Waals surface area contributed by atoms with Crippen LogP contribution in [0.4, 0.5) is 0 Å². The average Bonchev–Trinajstić information content (AvgIpc) is 2.43. The lowest BCUT2D eigenvalue weighted by Crippen LogP contribution is -2.35. The number of amides is 1. The summed E-state index contributed by atoms with van der Waals surface area (Å²) in [6.07, 6.45) is 3.02. The first-order chi connectivity index (χ1) is 9.71. The van der Waals surface area contributed by atoms with Crippen molar-refractivity contribution in [3.63, 3.8) is 0 Å². The minimum atomic E-state index is 0.126. The Bertz CT molecular complexity index is 444. The van der Waals surface area contributed by atoms with Crippen molar-refractivity contribution in [3.05, 3.63) is 35.4 Å². The van der Waals surface area contributed by atoms with E-state index in [1.54, 1.807) is 0 Å². The lowest BCUT2D eigenvalue weighted by molar-refractivity contribution is -0.124. The normalized spacial score (nSPS) is 21.3. The summed E-state index contributed by atoms with van der Waals surface area (Å²) in [5, 5.41) is 2.97. The molecule has 3 nitrogen and oxygen atoms in total. The molecule has 1 aliphatic carbocycles. The van der Waals surface area contributed by atoms with E-state index in [1.165, 1.54) is 0 Å². The third-order valence-electron chi connectivity index (χ3n) is 3.70. The van der Waals surface area contributed by atoms with Crippen LogP contribution in [0.3, 0.4) is 0 Å². The van der Waals surface area contributed by atoms with E-state index >= 15 is 0 Å². The lowest BCUT2D eigenvalue weighted by Gasteiger charge is -2.34. The van der Waals surface area contributed by atoms with Gasteiger partial charge in [-0.2, -0.15) is 0 Å². The first-order valence-corrected chi connectivity index (χ1v) is 7.76. The topological polar surface area (TPSA) is 38.3 Å². The molecule has 1 aliphatic rings. The van der Waals surface area contributed by atoms with Gasteiger partial charge in [-0.3, -0.25) is 4.79 Å². The molecular weight excluding hydrogens is 274 g/mol. The zero-order valence-corrected chi connectivity index (χ0v) is 12.7. The van der Waals surface area contributed by atoms with Crippen molar-refractivity contribution >= 4 is 17.5 Å². The fourth-order valence-electron chi connectivity index (χ4n) is 2.57. The van der Waals surface area contributed by atoms with E-state index in [1.807, 2.05) is 31.2 Å². The second-order valence-electron chi connectivity index (χ2n) is 5.35. The highest BCUT2D eigenvalue weighted by molar-refractivity contribution is 6.17. The van der Waals surface area contributed by atoms with Crippen LogP contribution in [0.15, 0.2) is 24.3 Å². The molecule has 2 rings (SSSR count). The molecule has 0 aliphatic heterocycles. The predicted molar refractivity (Wildman–Crippen MR) is 80.6 cm³/mol. The summed E-state index contributed by atoms with van der Waals surface area (Å²) in [5.74, 6) is 1.12. The highest BCUT2D eigenvalue weighted by atomic mass is 35.5. The number of hydrogen-bond donors (Lipinski definition) is 1. The minimum Gasteiger partial charge on any atom is -0.378 e. The summed E-state index contributed by atoms with van der Waals surface area (Å²) in [5.41, 5.74) is 2.18. The van der Waals surface area contributed by atoms with Crippen LogP contribution in [0.5, 0.6) is 0 Å². The first-order valence-electron chi connectivity index (χ1n) is 7.23. The van der Waals surface area contributed by atoms with Crippen LogP contribution in [-0.4, -0.2) is 18.6 Å². The van der Waals surface area contributed by atoms with E-state index in [2.05, 4.69) is 5.32 Å². The maximum atomic E-state index is 11.9. The quantitative estimate of drug-likeness (QED) is 0.784. The number of ether oxygens (including phenoxy) is 1. The Balaban J connectivity index is 1.68. The van der Waals surface area contributed by atoms with Crippen LogP contribution < -0.4 is 5.32 Å². The molecule has 1 saturated carbocycles. The van der Waals surface area contributed by atoms with E-state index in [0.717, 1.165) is 30.6 Å². The van der Waals surface area contributed by atoms with E-state index in [-0.39, 0.29) is 5.91 Å². The van der Waals surface area contributed by atoms with Crippen molar-refractivity contribution in [1.82, 2.24) is 5.32 Å². The largest absolute Gasteiger partial charge is 0.378 e. The Morgan fingerprint density at radius 2 is 2.15 bits per heavy atom. The van der Waals surface area contributed by atoms with E-state index in [4.69, 9.17) is 16.3 Å². The molecular formula is C16H22ClNO2. The molecule has 0 heterocycles. The van der Waals surface area contributed by atoms with Crippen LogP contribution >= 0.6 is 11.6 Å².